The Bertz CT molecular complexity index is 740. The van der Waals surface area contributed by atoms with Crippen molar-refractivity contribution in [1.82, 2.24) is 10.0 Å². The van der Waals surface area contributed by atoms with E-state index in [1.54, 1.807) is 6.07 Å². The third-order valence-electron chi connectivity index (χ3n) is 3.58. The van der Waals surface area contributed by atoms with E-state index < -0.39 is 10.0 Å². The van der Waals surface area contributed by atoms with Crippen LogP contribution in [0.5, 0.6) is 11.5 Å². The van der Waals surface area contributed by atoms with Gasteiger partial charge in [-0.25, -0.2) is 13.1 Å². The van der Waals surface area contributed by atoms with Crippen molar-refractivity contribution in [3.8, 4) is 23.8 Å². The van der Waals surface area contributed by atoms with Gasteiger partial charge in [-0.2, -0.15) is 0 Å². The second-order valence-electron chi connectivity index (χ2n) is 5.49. The molecule has 1 amide bonds. The average molecular weight is 366 g/mol. The van der Waals surface area contributed by atoms with Gasteiger partial charge in [-0.15, -0.1) is 6.42 Å². The number of ether oxygens (including phenoxy) is 2. The summed E-state index contributed by atoms with van der Waals surface area (Å²) in [6, 6.07) is 4.55. The predicted octanol–water partition coefficient (Wildman–Crippen LogP) is 1.05. The lowest BCUT2D eigenvalue weighted by Gasteiger charge is -2.18. The van der Waals surface area contributed by atoms with Gasteiger partial charge >= 0.3 is 0 Å². The van der Waals surface area contributed by atoms with E-state index in [0.717, 1.165) is 6.42 Å². The van der Waals surface area contributed by atoms with E-state index in [0.29, 0.717) is 50.5 Å². The van der Waals surface area contributed by atoms with Gasteiger partial charge in [0, 0.05) is 19.0 Å². The number of fused-ring (bicyclic) bond motifs is 1. The van der Waals surface area contributed by atoms with Gasteiger partial charge < -0.3 is 14.8 Å². The summed E-state index contributed by atoms with van der Waals surface area (Å²) in [5.41, 5.74) is 0. The normalized spacial score (nSPS) is 13.1. The molecule has 1 aliphatic rings. The first kappa shape index (κ1) is 19.1. The molecule has 25 heavy (non-hydrogen) atoms. The molecule has 136 valence electrons. The monoisotopic (exact) mass is 366 g/mol. The van der Waals surface area contributed by atoms with Gasteiger partial charge in [0.05, 0.1) is 11.4 Å². The van der Waals surface area contributed by atoms with Gasteiger partial charge in [0.1, 0.15) is 13.2 Å². The first-order chi connectivity index (χ1) is 12.0. The largest absolute Gasteiger partial charge is 0.486 e. The molecule has 1 aromatic carbocycles. The lowest BCUT2D eigenvalue weighted by atomic mass is 10.2. The van der Waals surface area contributed by atoms with Crippen LogP contribution in [-0.4, -0.2) is 40.6 Å². The van der Waals surface area contributed by atoms with Crippen LogP contribution in [0.2, 0.25) is 0 Å². The summed E-state index contributed by atoms with van der Waals surface area (Å²) >= 11 is 0. The highest BCUT2D eigenvalue weighted by Gasteiger charge is 2.18. The molecule has 7 nitrogen and oxygen atoms in total. The molecule has 2 N–H and O–H groups in total. The van der Waals surface area contributed by atoms with E-state index in [2.05, 4.69) is 16.0 Å². The van der Waals surface area contributed by atoms with Crippen LogP contribution >= 0.6 is 0 Å². The Morgan fingerprint density at radius 1 is 1.16 bits per heavy atom. The molecule has 0 fully saturated rings. The van der Waals surface area contributed by atoms with E-state index in [1.165, 1.54) is 12.1 Å². The molecular weight excluding hydrogens is 344 g/mol. The fraction of sp³-hybridized carbons (Fsp3) is 0.471. The molecule has 0 atom stereocenters. The quantitative estimate of drug-likeness (QED) is 0.503. The lowest BCUT2D eigenvalue weighted by Crippen LogP contribution is -2.25. The molecule has 0 saturated carbocycles. The van der Waals surface area contributed by atoms with E-state index in [9.17, 15) is 13.2 Å². The molecule has 0 aromatic heterocycles. The van der Waals surface area contributed by atoms with Crippen molar-refractivity contribution >= 4 is 15.9 Å². The van der Waals surface area contributed by atoms with Crippen molar-refractivity contribution < 1.29 is 22.7 Å². The summed E-state index contributed by atoms with van der Waals surface area (Å²) in [4.78, 5) is 11.5. The standard InChI is InChI=1S/C17H22N2O5S/c1-2-9-18-17(20)6-4-3-5-10-19-25(21,22)14-7-8-15-16(13-14)24-12-11-23-15/h1,7-8,13,19H,3-6,9-12H2,(H,18,20). The van der Waals surface area contributed by atoms with Crippen LogP contribution in [0, 0.1) is 12.3 Å². The first-order valence-electron chi connectivity index (χ1n) is 8.12. The van der Waals surface area contributed by atoms with Gasteiger partial charge in [0.25, 0.3) is 0 Å². The van der Waals surface area contributed by atoms with Crippen LogP contribution < -0.4 is 19.5 Å². The zero-order valence-electron chi connectivity index (χ0n) is 13.9. The molecule has 1 aromatic rings. The lowest BCUT2D eigenvalue weighted by molar-refractivity contribution is -0.120. The third kappa shape index (κ3) is 5.96. The molecule has 1 aliphatic heterocycles. The Labute approximate surface area is 148 Å². The Kier molecular flexibility index (Phi) is 7.10. The first-order valence-corrected chi connectivity index (χ1v) is 9.61. The minimum absolute atomic E-state index is 0.0881. The van der Waals surface area contributed by atoms with Crippen LogP contribution in [0.15, 0.2) is 23.1 Å². The van der Waals surface area contributed by atoms with Crippen molar-refractivity contribution in [2.45, 2.75) is 30.6 Å². The van der Waals surface area contributed by atoms with Crippen molar-refractivity contribution in [2.24, 2.45) is 0 Å². The minimum atomic E-state index is -3.60. The predicted molar refractivity (Wildman–Crippen MR) is 92.9 cm³/mol. The summed E-state index contributed by atoms with van der Waals surface area (Å²) in [6.45, 7) is 1.40. The second kappa shape index (κ2) is 9.30. The van der Waals surface area contributed by atoms with E-state index in [-0.39, 0.29) is 17.3 Å². The Balaban J connectivity index is 1.73. The summed E-state index contributed by atoms with van der Waals surface area (Å²) in [5.74, 6) is 3.23. The van der Waals surface area contributed by atoms with Gasteiger partial charge in [0.2, 0.25) is 15.9 Å². The number of rotatable bonds is 9. The summed E-state index contributed by atoms with van der Waals surface area (Å²) in [5, 5.41) is 2.59. The van der Waals surface area contributed by atoms with Crippen LogP contribution in [0.3, 0.4) is 0 Å². The summed E-state index contributed by atoms with van der Waals surface area (Å²) in [6.07, 6.45) is 7.51. The molecule has 0 bridgehead atoms. The molecule has 0 spiro atoms. The van der Waals surface area contributed by atoms with Gasteiger partial charge in [-0.3, -0.25) is 4.79 Å². The molecule has 0 aliphatic carbocycles. The van der Waals surface area contributed by atoms with Crippen LogP contribution in [0.1, 0.15) is 25.7 Å². The minimum Gasteiger partial charge on any atom is -0.486 e. The second-order valence-corrected chi connectivity index (χ2v) is 7.26. The fourth-order valence-corrected chi connectivity index (χ4v) is 3.40. The molecule has 2 rings (SSSR count). The Morgan fingerprint density at radius 2 is 1.92 bits per heavy atom. The van der Waals surface area contributed by atoms with Crippen molar-refractivity contribution in [3.05, 3.63) is 18.2 Å². The maximum Gasteiger partial charge on any atom is 0.240 e. The number of sulfonamides is 1. The number of hydrogen-bond donors (Lipinski definition) is 2. The zero-order chi connectivity index (χ0) is 18.1. The fourth-order valence-electron chi connectivity index (χ4n) is 2.31. The molecule has 1 heterocycles. The van der Waals surface area contributed by atoms with Gasteiger partial charge in [-0.1, -0.05) is 12.3 Å². The van der Waals surface area contributed by atoms with E-state index >= 15 is 0 Å². The van der Waals surface area contributed by atoms with E-state index in [4.69, 9.17) is 15.9 Å². The third-order valence-corrected chi connectivity index (χ3v) is 5.04. The number of terminal acetylenes is 1. The van der Waals surface area contributed by atoms with Crippen molar-refractivity contribution in [2.75, 3.05) is 26.3 Å². The van der Waals surface area contributed by atoms with Gasteiger partial charge in [0.15, 0.2) is 11.5 Å². The summed E-state index contributed by atoms with van der Waals surface area (Å²) < 4.78 is 37.9. The number of amides is 1. The SMILES string of the molecule is C#CCNC(=O)CCCCCNS(=O)(=O)c1ccc2c(c1)OCCO2. The maximum absolute atomic E-state index is 12.3. The number of benzene rings is 1. The molecular formula is C17H22N2O5S. The molecule has 8 heteroatoms. The highest BCUT2D eigenvalue weighted by atomic mass is 32.2. The smallest absolute Gasteiger partial charge is 0.240 e. The van der Waals surface area contributed by atoms with Crippen molar-refractivity contribution in [3.63, 3.8) is 0 Å². The van der Waals surface area contributed by atoms with Crippen LogP contribution in [0.25, 0.3) is 0 Å². The van der Waals surface area contributed by atoms with Crippen molar-refractivity contribution in [1.29, 1.82) is 0 Å². The number of nitrogens with one attached hydrogen (secondary N) is 2. The number of carbonyl (C=O) groups is 1. The van der Waals surface area contributed by atoms with Crippen LogP contribution in [-0.2, 0) is 14.8 Å². The van der Waals surface area contributed by atoms with Gasteiger partial charge in [-0.05, 0) is 25.0 Å². The maximum atomic E-state index is 12.3. The summed E-state index contributed by atoms with van der Waals surface area (Å²) in [7, 11) is -3.60. The highest BCUT2D eigenvalue weighted by molar-refractivity contribution is 7.89. The zero-order valence-corrected chi connectivity index (χ0v) is 14.7. The molecule has 0 saturated heterocycles. The van der Waals surface area contributed by atoms with E-state index in [1.807, 2.05) is 0 Å². The topological polar surface area (TPSA) is 93.7 Å². The van der Waals surface area contributed by atoms with Crippen LogP contribution in [0.4, 0.5) is 0 Å². The highest BCUT2D eigenvalue weighted by Crippen LogP contribution is 2.32. The Morgan fingerprint density at radius 3 is 2.68 bits per heavy atom. The molecule has 0 unspecified atom stereocenters. The molecule has 0 radical (unpaired) electrons. The average Bonchev–Trinajstić information content (AvgIpc) is 2.62. The number of hydrogen-bond acceptors (Lipinski definition) is 5. The number of unbranched alkanes of at least 4 members (excludes halogenated alkanes) is 2. The number of carbonyl (C=O) groups excluding carboxylic acids is 1. The Hall–Kier alpha value is -2.24.